The summed E-state index contributed by atoms with van der Waals surface area (Å²) < 4.78 is 1.85. The van der Waals surface area contributed by atoms with E-state index in [4.69, 9.17) is 0 Å². The van der Waals surface area contributed by atoms with Crippen molar-refractivity contribution in [1.82, 2.24) is 15.1 Å². The van der Waals surface area contributed by atoms with Crippen molar-refractivity contribution in [3.63, 3.8) is 0 Å². The van der Waals surface area contributed by atoms with Crippen LogP contribution in [0.2, 0.25) is 0 Å². The molecule has 152 valence electrons. The minimum atomic E-state index is -1.06. The number of rotatable bonds is 5. The standard InChI is InChI=1S/C21H29N3O4/c1-21(2,3)18(20(27)28)22-19(26)17-15-6-4-5-7-16(15)24(23-17)12-13-8-10-14(25)11-9-13/h4-7,13-14,18,25H,8-12H2,1-3H3,(H,22,26)(H,27,28). The summed E-state index contributed by atoms with van der Waals surface area (Å²) in [4.78, 5) is 24.5. The van der Waals surface area contributed by atoms with Crippen molar-refractivity contribution in [2.45, 2.75) is 65.1 Å². The molecule has 1 atom stereocenters. The Bertz CT molecular complexity index is 860. The molecule has 28 heavy (non-hydrogen) atoms. The van der Waals surface area contributed by atoms with E-state index in [1.54, 1.807) is 20.8 Å². The lowest BCUT2D eigenvalue weighted by Crippen LogP contribution is -2.49. The molecule has 7 nitrogen and oxygen atoms in total. The number of carbonyl (C=O) groups is 2. The number of hydrogen-bond acceptors (Lipinski definition) is 4. The van der Waals surface area contributed by atoms with Crippen LogP contribution in [0.3, 0.4) is 0 Å². The van der Waals surface area contributed by atoms with E-state index in [9.17, 15) is 19.8 Å². The molecule has 0 aliphatic heterocycles. The van der Waals surface area contributed by atoms with Crippen LogP contribution in [0, 0.1) is 11.3 Å². The number of benzene rings is 1. The van der Waals surface area contributed by atoms with Gasteiger partial charge in [0.25, 0.3) is 5.91 Å². The van der Waals surface area contributed by atoms with Crippen molar-refractivity contribution in [2.24, 2.45) is 11.3 Å². The van der Waals surface area contributed by atoms with Gasteiger partial charge in [-0.25, -0.2) is 4.79 Å². The molecular weight excluding hydrogens is 358 g/mol. The van der Waals surface area contributed by atoms with Gasteiger partial charge in [0.2, 0.25) is 0 Å². The molecule has 3 N–H and O–H groups in total. The van der Waals surface area contributed by atoms with Crippen LogP contribution < -0.4 is 5.32 Å². The predicted molar refractivity (Wildman–Crippen MR) is 106 cm³/mol. The molecule has 0 saturated heterocycles. The third kappa shape index (κ3) is 4.35. The third-order valence-corrected chi connectivity index (χ3v) is 5.51. The fourth-order valence-corrected chi connectivity index (χ4v) is 3.85. The van der Waals surface area contributed by atoms with Crippen LogP contribution in [0.4, 0.5) is 0 Å². The van der Waals surface area contributed by atoms with Gasteiger partial charge in [-0.2, -0.15) is 5.10 Å². The highest BCUT2D eigenvalue weighted by atomic mass is 16.4. The van der Waals surface area contributed by atoms with Crippen LogP contribution in [0.5, 0.6) is 0 Å². The maximum Gasteiger partial charge on any atom is 0.326 e. The summed E-state index contributed by atoms with van der Waals surface area (Å²) in [6.07, 6.45) is 3.24. The van der Waals surface area contributed by atoms with E-state index < -0.39 is 23.3 Å². The third-order valence-electron chi connectivity index (χ3n) is 5.51. The number of aliphatic carboxylic acids is 1. The van der Waals surface area contributed by atoms with Crippen molar-refractivity contribution in [3.05, 3.63) is 30.0 Å². The van der Waals surface area contributed by atoms with Gasteiger partial charge in [0.15, 0.2) is 5.69 Å². The Kier molecular flexibility index (Phi) is 5.74. The maximum absolute atomic E-state index is 12.9. The van der Waals surface area contributed by atoms with Crippen molar-refractivity contribution in [3.8, 4) is 0 Å². The maximum atomic E-state index is 12.9. The van der Waals surface area contributed by atoms with Crippen LogP contribution in [-0.2, 0) is 11.3 Å². The van der Waals surface area contributed by atoms with E-state index in [1.807, 2.05) is 28.9 Å². The van der Waals surface area contributed by atoms with Gasteiger partial charge in [0.05, 0.1) is 11.6 Å². The lowest BCUT2D eigenvalue weighted by Gasteiger charge is -2.27. The minimum absolute atomic E-state index is 0.211. The Balaban J connectivity index is 1.87. The Hall–Kier alpha value is -2.41. The number of carboxylic acids is 1. The number of aliphatic hydroxyl groups excluding tert-OH is 1. The van der Waals surface area contributed by atoms with Gasteiger partial charge in [-0.1, -0.05) is 39.0 Å². The summed E-state index contributed by atoms with van der Waals surface area (Å²) in [5.41, 5.74) is 0.492. The highest BCUT2D eigenvalue weighted by Crippen LogP contribution is 2.28. The molecule has 1 amide bonds. The van der Waals surface area contributed by atoms with Crippen LogP contribution in [0.25, 0.3) is 10.9 Å². The lowest BCUT2D eigenvalue weighted by atomic mass is 9.86. The molecule has 1 aromatic carbocycles. The first-order valence-electron chi connectivity index (χ1n) is 9.84. The number of fused-ring (bicyclic) bond motifs is 1. The number of aromatic nitrogens is 2. The first-order valence-corrected chi connectivity index (χ1v) is 9.84. The zero-order valence-corrected chi connectivity index (χ0v) is 16.7. The molecule has 1 aliphatic rings. The fourth-order valence-electron chi connectivity index (χ4n) is 3.85. The molecule has 0 spiro atoms. The largest absolute Gasteiger partial charge is 0.480 e. The van der Waals surface area contributed by atoms with Crippen LogP contribution >= 0.6 is 0 Å². The van der Waals surface area contributed by atoms with Gasteiger partial charge in [-0.3, -0.25) is 9.48 Å². The molecular formula is C21H29N3O4. The van der Waals surface area contributed by atoms with Gasteiger partial charge in [0.1, 0.15) is 6.04 Å². The highest BCUT2D eigenvalue weighted by molar-refractivity contribution is 6.06. The second-order valence-electron chi connectivity index (χ2n) is 8.83. The van der Waals surface area contributed by atoms with Gasteiger partial charge in [-0.05, 0) is 43.1 Å². The van der Waals surface area contributed by atoms with Gasteiger partial charge in [0, 0.05) is 11.9 Å². The molecule has 1 heterocycles. The number of para-hydroxylation sites is 1. The van der Waals surface area contributed by atoms with E-state index in [-0.39, 0.29) is 11.8 Å². The zero-order valence-electron chi connectivity index (χ0n) is 16.7. The average molecular weight is 387 g/mol. The fraction of sp³-hybridized carbons (Fsp3) is 0.571. The minimum Gasteiger partial charge on any atom is -0.480 e. The normalized spacial score (nSPS) is 21.4. The summed E-state index contributed by atoms with van der Waals surface area (Å²) in [6.45, 7) is 6.02. The summed E-state index contributed by atoms with van der Waals surface area (Å²) in [7, 11) is 0. The van der Waals surface area contributed by atoms with E-state index in [0.29, 0.717) is 17.8 Å². The number of nitrogens with zero attached hydrogens (tertiary/aromatic N) is 2. The number of aliphatic hydroxyl groups is 1. The van der Waals surface area contributed by atoms with Crippen LogP contribution in [0.1, 0.15) is 56.9 Å². The van der Waals surface area contributed by atoms with Crippen molar-refractivity contribution in [2.75, 3.05) is 0 Å². The number of hydrogen-bond donors (Lipinski definition) is 3. The molecule has 1 aromatic heterocycles. The van der Waals surface area contributed by atoms with E-state index in [2.05, 4.69) is 10.4 Å². The summed E-state index contributed by atoms with van der Waals surface area (Å²) in [6, 6.07) is 6.51. The highest BCUT2D eigenvalue weighted by Gasteiger charge is 2.34. The first kappa shape index (κ1) is 20.3. The first-order chi connectivity index (χ1) is 13.2. The Labute approximate surface area is 164 Å². The van der Waals surface area contributed by atoms with E-state index in [0.717, 1.165) is 31.2 Å². The number of nitrogens with one attached hydrogen (secondary N) is 1. The van der Waals surface area contributed by atoms with Crippen molar-refractivity contribution < 1.29 is 19.8 Å². The van der Waals surface area contributed by atoms with Crippen molar-refractivity contribution >= 4 is 22.8 Å². The Morgan fingerprint density at radius 3 is 2.46 bits per heavy atom. The second kappa shape index (κ2) is 7.91. The number of carboxylic acid groups (broad SMARTS) is 1. The molecule has 0 bridgehead atoms. The molecule has 1 fully saturated rings. The van der Waals surface area contributed by atoms with E-state index in [1.165, 1.54) is 0 Å². The molecule has 1 saturated carbocycles. The Morgan fingerprint density at radius 1 is 1.21 bits per heavy atom. The quantitative estimate of drug-likeness (QED) is 0.732. The molecule has 7 heteroatoms. The predicted octanol–water partition coefficient (Wildman–Crippen LogP) is 2.82. The monoisotopic (exact) mass is 387 g/mol. The lowest BCUT2D eigenvalue weighted by molar-refractivity contribution is -0.142. The molecule has 2 aromatic rings. The molecule has 3 rings (SSSR count). The summed E-state index contributed by atoms with van der Waals surface area (Å²) in [5.74, 6) is -1.13. The zero-order chi connectivity index (χ0) is 20.5. The van der Waals surface area contributed by atoms with Crippen LogP contribution in [0.15, 0.2) is 24.3 Å². The van der Waals surface area contributed by atoms with E-state index >= 15 is 0 Å². The topological polar surface area (TPSA) is 104 Å². The van der Waals surface area contributed by atoms with Gasteiger partial charge < -0.3 is 15.5 Å². The number of carbonyl (C=O) groups excluding carboxylic acids is 1. The molecule has 1 unspecified atom stereocenters. The number of amides is 1. The molecule has 1 aliphatic carbocycles. The smallest absolute Gasteiger partial charge is 0.326 e. The average Bonchev–Trinajstić information content (AvgIpc) is 2.99. The van der Waals surface area contributed by atoms with Gasteiger partial charge >= 0.3 is 5.97 Å². The molecule has 0 radical (unpaired) electrons. The summed E-state index contributed by atoms with van der Waals surface area (Å²) >= 11 is 0. The van der Waals surface area contributed by atoms with Crippen LogP contribution in [-0.4, -0.2) is 44.0 Å². The van der Waals surface area contributed by atoms with Gasteiger partial charge in [-0.15, -0.1) is 0 Å². The SMILES string of the molecule is CC(C)(C)C(NC(=O)c1nn(CC2CCC(O)CC2)c2ccccc12)C(=O)O. The Morgan fingerprint density at radius 2 is 1.86 bits per heavy atom. The summed E-state index contributed by atoms with van der Waals surface area (Å²) in [5, 5.41) is 27.1. The van der Waals surface area contributed by atoms with Crippen molar-refractivity contribution in [1.29, 1.82) is 0 Å². The second-order valence-corrected chi connectivity index (χ2v) is 8.83.